The van der Waals surface area contributed by atoms with Crippen molar-refractivity contribution in [2.75, 3.05) is 56.0 Å². The monoisotopic (exact) mass is 587 g/mol. The summed E-state index contributed by atoms with van der Waals surface area (Å²) < 4.78 is 78.8. The maximum atomic E-state index is 13.2. The van der Waals surface area contributed by atoms with Crippen molar-refractivity contribution in [2.24, 2.45) is 0 Å². The zero-order valence-corrected chi connectivity index (χ0v) is 22.2. The molecule has 2 fully saturated rings. The number of amides is 1. The van der Waals surface area contributed by atoms with E-state index in [1.807, 2.05) is 4.90 Å². The van der Waals surface area contributed by atoms with Crippen LogP contribution in [0.1, 0.15) is 36.8 Å². The van der Waals surface area contributed by atoms with Crippen LogP contribution in [-0.2, 0) is 17.1 Å². The fourth-order valence-electron chi connectivity index (χ4n) is 5.24. The van der Waals surface area contributed by atoms with E-state index in [-0.39, 0.29) is 17.6 Å². The highest BCUT2D eigenvalue weighted by molar-refractivity contribution is 5.76. The average Bonchev–Trinajstić information content (AvgIpc) is 2.93. The number of nitrogens with one attached hydrogen (secondary N) is 1. The van der Waals surface area contributed by atoms with Crippen LogP contribution < -0.4 is 10.2 Å². The van der Waals surface area contributed by atoms with Crippen LogP contribution in [0.15, 0.2) is 42.5 Å². The van der Waals surface area contributed by atoms with Gasteiger partial charge in [0.05, 0.1) is 10.5 Å². The number of anilines is 2. The lowest BCUT2D eigenvalue weighted by Crippen LogP contribution is -2.47. The zero-order valence-electron chi connectivity index (χ0n) is 22.2. The number of carbonyl (C=O) groups excluding carboxylic acids is 1. The fourth-order valence-corrected chi connectivity index (χ4v) is 5.24. The average molecular weight is 588 g/mol. The molecule has 2 aliphatic rings. The van der Waals surface area contributed by atoms with E-state index in [1.54, 1.807) is 11.0 Å². The van der Waals surface area contributed by atoms with Gasteiger partial charge in [0.1, 0.15) is 5.56 Å². The Morgan fingerprint density at radius 2 is 1.61 bits per heavy atom. The summed E-state index contributed by atoms with van der Waals surface area (Å²) in [7, 11) is 0. The number of piperidine rings is 1. The van der Waals surface area contributed by atoms with Gasteiger partial charge in [-0.3, -0.25) is 19.8 Å². The summed E-state index contributed by atoms with van der Waals surface area (Å²) in [6.07, 6.45) is -7.19. The minimum Gasteiger partial charge on any atom is -0.382 e. The molecule has 1 amide bonds. The smallest absolute Gasteiger partial charge is 0.382 e. The molecule has 0 bridgehead atoms. The second-order valence-corrected chi connectivity index (χ2v) is 10.3. The summed E-state index contributed by atoms with van der Waals surface area (Å²) >= 11 is 0. The van der Waals surface area contributed by atoms with Crippen molar-refractivity contribution in [2.45, 2.75) is 44.1 Å². The predicted octanol–water partition coefficient (Wildman–Crippen LogP) is 5.64. The first-order chi connectivity index (χ1) is 19.3. The van der Waals surface area contributed by atoms with Gasteiger partial charge in [-0.05, 0) is 56.1 Å². The third-order valence-electron chi connectivity index (χ3n) is 7.49. The van der Waals surface area contributed by atoms with E-state index >= 15 is 0 Å². The van der Waals surface area contributed by atoms with Crippen molar-refractivity contribution in [1.29, 1.82) is 0 Å². The molecule has 0 spiro atoms. The Balaban J connectivity index is 1.17. The second-order valence-electron chi connectivity index (χ2n) is 10.3. The van der Waals surface area contributed by atoms with Gasteiger partial charge >= 0.3 is 12.4 Å². The van der Waals surface area contributed by atoms with E-state index in [4.69, 9.17) is 0 Å². The molecule has 0 atom stereocenters. The molecule has 4 rings (SSSR count). The summed E-state index contributed by atoms with van der Waals surface area (Å²) in [6.45, 7) is 4.14. The lowest BCUT2D eigenvalue weighted by atomic mass is 10.0. The van der Waals surface area contributed by atoms with E-state index in [1.165, 1.54) is 18.2 Å². The molecule has 2 heterocycles. The normalized spacial score (nSPS) is 17.5. The lowest BCUT2D eigenvalue weighted by Gasteiger charge is -2.36. The molecule has 8 nitrogen and oxygen atoms in total. The first-order valence-corrected chi connectivity index (χ1v) is 13.4. The summed E-state index contributed by atoms with van der Waals surface area (Å²) in [5.41, 5.74) is -2.29. The molecular weight excluding hydrogens is 556 g/mol. The molecule has 41 heavy (non-hydrogen) atoms. The number of carbonyl (C=O) groups is 1. The second kappa shape index (κ2) is 12.5. The summed E-state index contributed by atoms with van der Waals surface area (Å²) in [5.74, 6) is 0.000690. The Kier molecular flexibility index (Phi) is 9.30. The predicted molar refractivity (Wildman–Crippen MR) is 141 cm³/mol. The first-order valence-electron chi connectivity index (χ1n) is 13.4. The van der Waals surface area contributed by atoms with Gasteiger partial charge in [0, 0.05) is 69.2 Å². The van der Waals surface area contributed by atoms with Crippen molar-refractivity contribution in [3.8, 4) is 0 Å². The number of nitro benzene ring substituents is 1. The van der Waals surface area contributed by atoms with E-state index in [9.17, 15) is 41.3 Å². The number of hydrogen-bond donors (Lipinski definition) is 1. The standard InChI is InChI=1S/C27H31F6N5O3/c28-26(29,30)19-3-1-4-22(17-19)36-15-13-35(14-16-36)10-2-5-25(39)37-11-8-20(9-12-37)34-21-6-7-24(38(40)41)23(18-21)27(31,32)33/h1,3-4,6-7,17-18,20,34H,2,5,8-16H2. The molecule has 0 saturated carbocycles. The minimum atomic E-state index is -4.86. The molecule has 0 aliphatic carbocycles. The summed E-state index contributed by atoms with van der Waals surface area (Å²) in [5, 5.41) is 14.0. The molecule has 2 aromatic rings. The van der Waals surface area contributed by atoms with Crippen LogP contribution in [-0.4, -0.2) is 72.5 Å². The third kappa shape index (κ3) is 8.02. The number of halogens is 6. The third-order valence-corrected chi connectivity index (χ3v) is 7.49. The maximum absolute atomic E-state index is 13.2. The number of rotatable bonds is 8. The molecule has 2 aliphatic heterocycles. The van der Waals surface area contributed by atoms with E-state index in [2.05, 4.69) is 10.2 Å². The first kappa shape index (κ1) is 30.4. The highest BCUT2D eigenvalue weighted by Crippen LogP contribution is 2.38. The van der Waals surface area contributed by atoms with Crippen LogP contribution in [0.2, 0.25) is 0 Å². The molecule has 0 radical (unpaired) electrons. The quantitative estimate of drug-likeness (QED) is 0.245. The lowest BCUT2D eigenvalue weighted by molar-refractivity contribution is -0.388. The Morgan fingerprint density at radius 1 is 0.927 bits per heavy atom. The van der Waals surface area contributed by atoms with Gasteiger partial charge in [0.2, 0.25) is 5.91 Å². The number of nitrogens with zero attached hydrogens (tertiary/aromatic N) is 4. The number of alkyl halides is 6. The van der Waals surface area contributed by atoms with Gasteiger partial charge in [0.15, 0.2) is 0 Å². The van der Waals surface area contributed by atoms with Gasteiger partial charge in [-0.25, -0.2) is 0 Å². The minimum absolute atomic E-state index is 0.000690. The van der Waals surface area contributed by atoms with Crippen LogP contribution in [0.25, 0.3) is 0 Å². The van der Waals surface area contributed by atoms with E-state index < -0.39 is 34.1 Å². The molecule has 2 saturated heterocycles. The van der Waals surface area contributed by atoms with Crippen LogP contribution in [0.4, 0.5) is 43.4 Å². The topological polar surface area (TPSA) is 82.0 Å². The highest BCUT2D eigenvalue weighted by atomic mass is 19.4. The van der Waals surface area contributed by atoms with Crippen molar-refractivity contribution >= 4 is 23.0 Å². The van der Waals surface area contributed by atoms with Crippen LogP contribution in [0.3, 0.4) is 0 Å². The number of hydrogen-bond acceptors (Lipinski definition) is 6. The van der Waals surface area contributed by atoms with Gasteiger partial charge in [-0.2, -0.15) is 26.3 Å². The number of benzene rings is 2. The number of likely N-dealkylation sites (tertiary alicyclic amines) is 1. The molecular formula is C27H31F6N5O3. The van der Waals surface area contributed by atoms with E-state index in [0.29, 0.717) is 77.2 Å². The molecule has 1 N–H and O–H groups in total. The van der Waals surface area contributed by atoms with Crippen molar-refractivity contribution in [1.82, 2.24) is 9.80 Å². The molecule has 224 valence electrons. The Hall–Kier alpha value is -3.55. The summed E-state index contributed by atoms with van der Waals surface area (Å²) in [4.78, 5) is 28.5. The van der Waals surface area contributed by atoms with Gasteiger partial charge in [-0.1, -0.05) is 6.07 Å². The Labute approximate surface area is 233 Å². The molecule has 14 heteroatoms. The van der Waals surface area contributed by atoms with Gasteiger partial charge in [0.25, 0.3) is 5.69 Å². The van der Waals surface area contributed by atoms with E-state index in [0.717, 1.165) is 18.2 Å². The SMILES string of the molecule is O=C(CCCN1CCN(c2cccc(C(F)(F)F)c2)CC1)N1CCC(Nc2ccc([N+](=O)[O-])c(C(F)(F)F)c2)CC1. The number of nitro groups is 1. The highest BCUT2D eigenvalue weighted by Gasteiger charge is 2.38. The Morgan fingerprint density at radius 3 is 2.22 bits per heavy atom. The van der Waals surface area contributed by atoms with Gasteiger partial charge < -0.3 is 15.1 Å². The largest absolute Gasteiger partial charge is 0.423 e. The van der Waals surface area contributed by atoms with Crippen LogP contribution >= 0.6 is 0 Å². The van der Waals surface area contributed by atoms with Gasteiger partial charge in [-0.15, -0.1) is 0 Å². The molecule has 2 aromatic carbocycles. The van der Waals surface area contributed by atoms with Crippen molar-refractivity contribution in [3.05, 3.63) is 63.7 Å². The maximum Gasteiger partial charge on any atom is 0.423 e. The van der Waals surface area contributed by atoms with Crippen LogP contribution in [0, 0.1) is 10.1 Å². The zero-order chi connectivity index (χ0) is 29.8. The van der Waals surface area contributed by atoms with Crippen molar-refractivity contribution in [3.63, 3.8) is 0 Å². The molecule has 0 unspecified atom stereocenters. The Bertz CT molecular complexity index is 1220. The molecule has 0 aromatic heterocycles. The summed E-state index contributed by atoms with van der Waals surface area (Å²) in [6, 6.07) is 7.98. The van der Waals surface area contributed by atoms with Crippen LogP contribution in [0.5, 0.6) is 0 Å². The fraction of sp³-hybridized carbons (Fsp3) is 0.519. The number of piperazine rings is 1. The van der Waals surface area contributed by atoms with Crippen molar-refractivity contribution < 1.29 is 36.1 Å².